The van der Waals surface area contributed by atoms with Gasteiger partial charge in [-0.25, -0.2) is 0 Å². The first kappa shape index (κ1) is 9.43. The second-order valence-electron chi connectivity index (χ2n) is 3.22. The minimum atomic E-state index is -1.10. The molecule has 1 heterocycles. The molecule has 4 heteroatoms. The van der Waals surface area contributed by atoms with E-state index in [4.69, 9.17) is 5.73 Å². The van der Waals surface area contributed by atoms with Gasteiger partial charge in [0.25, 0.3) is 5.91 Å². The topological polar surface area (TPSA) is 55.1 Å². The number of halogens is 1. The molecule has 1 unspecified atom stereocenters. The summed E-state index contributed by atoms with van der Waals surface area (Å²) < 4.78 is 0.893. The summed E-state index contributed by atoms with van der Waals surface area (Å²) in [5.41, 5.74) is 6.34. The zero-order valence-corrected chi connectivity index (χ0v) is 8.97. The van der Waals surface area contributed by atoms with Crippen LogP contribution < -0.4 is 11.1 Å². The number of nitrogens with one attached hydrogen (secondary N) is 1. The predicted molar refractivity (Wildman–Crippen MR) is 58.8 cm³/mol. The van der Waals surface area contributed by atoms with E-state index in [1.54, 1.807) is 0 Å². The lowest BCUT2D eigenvalue weighted by Gasteiger charge is -2.16. The second kappa shape index (κ2) is 2.93. The molecule has 0 aromatic heterocycles. The molecule has 0 spiro atoms. The van der Waals surface area contributed by atoms with Crippen LogP contribution in [0.2, 0.25) is 0 Å². The van der Waals surface area contributed by atoms with Crippen molar-refractivity contribution >= 4 is 27.5 Å². The Kier molecular flexibility index (Phi) is 1.97. The number of nitrogens with two attached hydrogens (primary N) is 1. The van der Waals surface area contributed by atoms with Crippen LogP contribution in [0.5, 0.6) is 0 Å². The number of anilines is 1. The van der Waals surface area contributed by atoms with Crippen LogP contribution in [-0.4, -0.2) is 5.91 Å². The molecule has 1 aromatic rings. The first-order valence-electron chi connectivity index (χ1n) is 4.12. The van der Waals surface area contributed by atoms with Gasteiger partial charge in [-0.05, 0) is 18.2 Å². The average molecular weight is 253 g/mol. The number of carbonyl (C=O) groups is 1. The number of hydrogen-bond donors (Lipinski definition) is 2. The smallest absolute Gasteiger partial charge is 0.253 e. The molecule has 0 saturated carbocycles. The van der Waals surface area contributed by atoms with Crippen LogP contribution in [-0.2, 0) is 10.3 Å². The van der Waals surface area contributed by atoms with Crippen molar-refractivity contribution in [3.05, 3.63) is 40.9 Å². The van der Waals surface area contributed by atoms with Crippen LogP contribution in [0.1, 0.15) is 5.56 Å². The molecule has 0 fully saturated rings. The summed E-state index contributed by atoms with van der Waals surface area (Å²) in [4.78, 5) is 11.6. The molecule has 2 rings (SSSR count). The summed E-state index contributed by atoms with van der Waals surface area (Å²) in [7, 11) is 0. The molecule has 14 heavy (non-hydrogen) atoms. The summed E-state index contributed by atoms with van der Waals surface area (Å²) in [6, 6.07) is 5.50. The molecule has 1 aliphatic rings. The molecule has 3 nitrogen and oxygen atoms in total. The van der Waals surface area contributed by atoms with Crippen LogP contribution in [0.25, 0.3) is 0 Å². The van der Waals surface area contributed by atoms with Gasteiger partial charge >= 0.3 is 0 Å². The second-order valence-corrected chi connectivity index (χ2v) is 4.13. The number of rotatable bonds is 1. The average Bonchev–Trinajstić information content (AvgIpc) is 2.41. The van der Waals surface area contributed by atoms with Crippen molar-refractivity contribution in [2.75, 3.05) is 5.32 Å². The van der Waals surface area contributed by atoms with Crippen molar-refractivity contribution in [2.24, 2.45) is 5.73 Å². The number of carbonyl (C=O) groups excluding carboxylic acids is 1. The van der Waals surface area contributed by atoms with Gasteiger partial charge in [-0.15, -0.1) is 6.58 Å². The first-order chi connectivity index (χ1) is 6.58. The fourth-order valence-corrected chi connectivity index (χ4v) is 1.88. The molecule has 1 atom stereocenters. The third-order valence-electron chi connectivity index (χ3n) is 2.37. The van der Waals surface area contributed by atoms with Crippen molar-refractivity contribution in [3.63, 3.8) is 0 Å². The third-order valence-corrected chi connectivity index (χ3v) is 2.87. The van der Waals surface area contributed by atoms with E-state index < -0.39 is 5.54 Å². The van der Waals surface area contributed by atoms with E-state index in [1.807, 2.05) is 18.2 Å². The van der Waals surface area contributed by atoms with Gasteiger partial charge in [-0.3, -0.25) is 4.79 Å². The first-order valence-corrected chi connectivity index (χ1v) is 4.91. The van der Waals surface area contributed by atoms with E-state index >= 15 is 0 Å². The van der Waals surface area contributed by atoms with Crippen molar-refractivity contribution < 1.29 is 4.79 Å². The summed E-state index contributed by atoms with van der Waals surface area (Å²) in [5, 5.41) is 2.71. The van der Waals surface area contributed by atoms with Gasteiger partial charge in [0.15, 0.2) is 0 Å². The highest BCUT2D eigenvalue weighted by Gasteiger charge is 2.40. The highest BCUT2D eigenvalue weighted by atomic mass is 79.9. The molecule has 1 aliphatic heterocycles. The molecule has 1 aromatic carbocycles. The molecule has 0 bridgehead atoms. The monoisotopic (exact) mass is 252 g/mol. The molecular formula is C10H9BrN2O. The van der Waals surface area contributed by atoms with E-state index in [-0.39, 0.29) is 5.91 Å². The van der Waals surface area contributed by atoms with Gasteiger partial charge in [0.1, 0.15) is 5.54 Å². The maximum Gasteiger partial charge on any atom is 0.253 e. The Balaban J connectivity index is 2.67. The lowest BCUT2D eigenvalue weighted by atomic mass is 9.93. The minimum absolute atomic E-state index is 0.236. The standard InChI is InChI=1S/C10H9BrN2O/c1-2-10(12)7-5-6(11)3-4-8(7)13-9(10)14/h2-5H,1,12H2,(H,13,14). The van der Waals surface area contributed by atoms with Gasteiger partial charge < -0.3 is 11.1 Å². The number of fused-ring (bicyclic) bond motifs is 1. The van der Waals surface area contributed by atoms with Gasteiger partial charge in [-0.2, -0.15) is 0 Å². The largest absolute Gasteiger partial charge is 0.324 e. The zero-order chi connectivity index (χ0) is 10.3. The summed E-state index contributed by atoms with van der Waals surface area (Å²) >= 11 is 3.34. The van der Waals surface area contributed by atoms with Gasteiger partial charge in [0, 0.05) is 15.7 Å². The molecule has 1 amide bonds. The fourth-order valence-electron chi connectivity index (χ4n) is 1.52. The number of benzene rings is 1. The maximum absolute atomic E-state index is 11.6. The van der Waals surface area contributed by atoms with E-state index in [0.717, 1.165) is 15.7 Å². The normalized spacial score (nSPS) is 24.3. The zero-order valence-electron chi connectivity index (χ0n) is 7.38. The molecule has 72 valence electrons. The van der Waals surface area contributed by atoms with Gasteiger partial charge in [0.05, 0.1) is 0 Å². The number of hydrogen-bond acceptors (Lipinski definition) is 2. The predicted octanol–water partition coefficient (Wildman–Crippen LogP) is 1.74. The fraction of sp³-hybridized carbons (Fsp3) is 0.100. The van der Waals surface area contributed by atoms with Crippen LogP contribution in [0.4, 0.5) is 5.69 Å². The molecule has 0 saturated heterocycles. The lowest BCUT2D eigenvalue weighted by Crippen LogP contribution is -2.41. The highest BCUT2D eigenvalue weighted by Crippen LogP contribution is 2.36. The Morgan fingerprint density at radius 2 is 2.29 bits per heavy atom. The molecule has 3 N–H and O–H groups in total. The SMILES string of the molecule is C=CC1(N)C(=O)Nc2ccc(Br)cc21. The Bertz CT molecular complexity index is 430. The summed E-state index contributed by atoms with van der Waals surface area (Å²) in [6.45, 7) is 3.59. The molecular weight excluding hydrogens is 244 g/mol. The summed E-state index contributed by atoms with van der Waals surface area (Å²) in [5.74, 6) is -0.236. The van der Waals surface area contributed by atoms with Gasteiger partial charge in [0.2, 0.25) is 0 Å². The highest BCUT2D eigenvalue weighted by molar-refractivity contribution is 9.10. The van der Waals surface area contributed by atoms with Crippen LogP contribution in [0.15, 0.2) is 35.3 Å². The Morgan fingerprint density at radius 1 is 1.57 bits per heavy atom. The Hall–Kier alpha value is -1.13. The van der Waals surface area contributed by atoms with Crippen molar-refractivity contribution in [1.82, 2.24) is 0 Å². The lowest BCUT2D eigenvalue weighted by molar-refractivity contribution is -0.119. The van der Waals surface area contributed by atoms with E-state index in [9.17, 15) is 4.79 Å². The van der Waals surface area contributed by atoms with Crippen LogP contribution in [0, 0.1) is 0 Å². The van der Waals surface area contributed by atoms with E-state index in [2.05, 4.69) is 27.8 Å². The quantitative estimate of drug-likeness (QED) is 0.749. The Labute approximate surface area is 90.1 Å². The third kappa shape index (κ3) is 1.11. The molecule has 0 radical (unpaired) electrons. The Morgan fingerprint density at radius 3 is 2.93 bits per heavy atom. The minimum Gasteiger partial charge on any atom is -0.324 e. The van der Waals surface area contributed by atoms with Crippen molar-refractivity contribution in [2.45, 2.75) is 5.54 Å². The van der Waals surface area contributed by atoms with Crippen LogP contribution in [0.3, 0.4) is 0 Å². The van der Waals surface area contributed by atoms with Gasteiger partial charge in [-0.1, -0.05) is 22.0 Å². The summed E-state index contributed by atoms with van der Waals surface area (Å²) in [6.07, 6.45) is 1.46. The van der Waals surface area contributed by atoms with Crippen molar-refractivity contribution in [3.8, 4) is 0 Å². The van der Waals surface area contributed by atoms with Crippen molar-refractivity contribution in [1.29, 1.82) is 0 Å². The molecule has 0 aliphatic carbocycles. The number of amides is 1. The maximum atomic E-state index is 11.6. The van der Waals surface area contributed by atoms with E-state index in [0.29, 0.717) is 0 Å². The van der Waals surface area contributed by atoms with E-state index in [1.165, 1.54) is 6.08 Å². The van der Waals surface area contributed by atoms with Crippen LogP contribution >= 0.6 is 15.9 Å².